The number of benzene rings is 3. The number of aliphatic hydroxyl groups is 5. The molecule has 0 aromatic heterocycles. The van der Waals surface area contributed by atoms with E-state index in [1.54, 1.807) is 74.5 Å². The number of esters is 2. The first-order chi connectivity index (χ1) is 28.1. The average Bonchev–Trinajstić information content (AvgIpc) is 3.21. The van der Waals surface area contributed by atoms with E-state index in [4.69, 9.17) is 14.2 Å². The van der Waals surface area contributed by atoms with Gasteiger partial charge in [-0.3, -0.25) is 9.59 Å². The minimum absolute atomic E-state index is 0. The van der Waals surface area contributed by atoms with Gasteiger partial charge in [-0.05, 0) is 65.8 Å². The molecular weight excluding hydrogens is 1220 g/mol. The van der Waals surface area contributed by atoms with Crippen LogP contribution in [0, 0.1) is 105 Å². The number of ether oxygens (including phenoxy) is 3. The quantitative estimate of drug-likeness (QED) is 0.140. The Hall–Kier alpha value is -1.88. The van der Waals surface area contributed by atoms with Gasteiger partial charge in [-0.1, -0.05) is 95.3 Å². The summed E-state index contributed by atoms with van der Waals surface area (Å²) in [7, 11) is 0. The van der Waals surface area contributed by atoms with E-state index >= 15 is 0 Å². The molecule has 0 spiro atoms. The van der Waals surface area contributed by atoms with Crippen molar-refractivity contribution in [2.45, 2.75) is 121 Å². The second-order valence-electron chi connectivity index (χ2n) is 18.7. The van der Waals surface area contributed by atoms with Crippen LogP contribution in [0.3, 0.4) is 0 Å². The fourth-order valence-corrected chi connectivity index (χ4v) is 10.1. The molecule has 2 bridgehead atoms. The summed E-state index contributed by atoms with van der Waals surface area (Å²) in [5.74, 6) is -5.07. The van der Waals surface area contributed by atoms with E-state index in [0.717, 1.165) is 5.56 Å². The molecule has 6 N–H and O–H groups in total. The second kappa shape index (κ2) is 18.8. The van der Waals surface area contributed by atoms with Crippen LogP contribution in [0.1, 0.15) is 99.2 Å². The number of fused-ring (bicyclic) bond motifs is 5. The Labute approximate surface area is 433 Å². The van der Waals surface area contributed by atoms with E-state index < -0.39 is 101 Å². The molecule has 1 amide bonds. The van der Waals surface area contributed by atoms with Gasteiger partial charge in [0, 0.05) is 118 Å². The number of hydrogen-bond acceptors (Lipinski definition) is 12. The number of nitrogens with one attached hydrogen (secondary N) is 1. The van der Waals surface area contributed by atoms with E-state index in [-0.39, 0.29) is 129 Å². The maximum Gasteiger partial charge on any atom is 0.338 e. The van der Waals surface area contributed by atoms with Gasteiger partial charge in [0.1, 0.15) is 29.5 Å². The zero-order valence-corrected chi connectivity index (χ0v) is 45.6. The van der Waals surface area contributed by atoms with Crippen molar-refractivity contribution in [2.75, 3.05) is 6.61 Å². The summed E-state index contributed by atoms with van der Waals surface area (Å²) in [5.41, 5.74) is -6.01. The van der Waals surface area contributed by atoms with Crippen molar-refractivity contribution in [2.24, 2.45) is 16.7 Å². The summed E-state index contributed by atoms with van der Waals surface area (Å²) in [6, 6.07) is 22.0. The predicted molar refractivity (Wildman–Crippen MR) is 217 cm³/mol. The summed E-state index contributed by atoms with van der Waals surface area (Å²) in [6.07, 6.45) is -10.3. The first-order valence-electron chi connectivity index (χ1n) is 20.4. The van der Waals surface area contributed by atoms with Crippen molar-refractivity contribution in [3.8, 4) is 0 Å². The molecule has 62 heavy (non-hydrogen) atoms. The number of rotatable bonds is 8. The smallest absolute Gasteiger partial charge is 0.338 e. The number of aliphatic hydroxyl groups excluding tert-OH is 3. The molecule has 3 fully saturated rings. The molecule has 4 aliphatic rings. The van der Waals surface area contributed by atoms with Gasteiger partial charge in [-0.15, -0.1) is 0 Å². The van der Waals surface area contributed by atoms with Crippen molar-refractivity contribution in [3.05, 3.63) is 118 Å². The van der Waals surface area contributed by atoms with Gasteiger partial charge < -0.3 is 45.1 Å². The van der Waals surface area contributed by atoms with Gasteiger partial charge in [0.25, 0.3) is 5.91 Å². The molecule has 7 rings (SSSR count). The van der Waals surface area contributed by atoms with Gasteiger partial charge in [-0.25, -0.2) is 9.59 Å². The third kappa shape index (κ3) is 8.64. The van der Waals surface area contributed by atoms with E-state index in [1.165, 1.54) is 26.0 Å². The van der Waals surface area contributed by atoms with E-state index in [1.807, 2.05) is 32.9 Å². The van der Waals surface area contributed by atoms with Crippen molar-refractivity contribution >= 4 is 23.6 Å². The first-order valence-corrected chi connectivity index (χ1v) is 20.4. The Bertz CT molecular complexity index is 2190. The summed E-state index contributed by atoms with van der Waals surface area (Å²) in [5, 5.41) is 64.0. The van der Waals surface area contributed by atoms with Crippen LogP contribution in [0.4, 0.5) is 0 Å². The molecular formula is C47H55Ac2NO12. The molecule has 3 aromatic rings. The topological polar surface area (TPSA) is 209 Å². The predicted octanol–water partition coefficient (Wildman–Crippen LogP) is 3.89. The molecule has 2 radical (unpaired) electrons. The minimum Gasteiger partial charge on any atom is -0.456 e. The van der Waals surface area contributed by atoms with Crippen molar-refractivity contribution in [3.63, 3.8) is 0 Å². The average molecular weight is 1280 g/mol. The van der Waals surface area contributed by atoms with Crippen LogP contribution in [-0.4, -0.2) is 104 Å². The molecule has 326 valence electrons. The second-order valence-corrected chi connectivity index (χ2v) is 18.7. The number of hydrogen-bond donors (Lipinski definition) is 6. The van der Waals surface area contributed by atoms with Crippen LogP contribution in [-0.2, 0) is 29.2 Å². The molecule has 1 saturated heterocycles. The molecule has 3 aromatic carbocycles. The Kier molecular flexibility index (Phi) is 15.5. The maximum absolute atomic E-state index is 14.8. The fraction of sp³-hybridized carbons (Fsp3) is 0.489. The number of Topliss-reactive ketones (excluding diaryl/α,β-unsaturated/α-hetero) is 1. The van der Waals surface area contributed by atoms with Crippen LogP contribution >= 0.6 is 0 Å². The Morgan fingerprint density at radius 2 is 1.44 bits per heavy atom. The van der Waals surface area contributed by atoms with Crippen LogP contribution in [0.2, 0.25) is 0 Å². The van der Waals surface area contributed by atoms with Crippen molar-refractivity contribution in [1.29, 1.82) is 0 Å². The summed E-state index contributed by atoms with van der Waals surface area (Å²) in [4.78, 5) is 56.7. The molecule has 13 nitrogen and oxygen atoms in total. The number of ketones is 1. The Morgan fingerprint density at radius 3 is 1.98 bits per heavy atom. The zero-order chi connectivity index (χ0) is 43.7. The summed E-state index contributed by atoms with van der Waals surface area (Å²) < 4.78 is 18.0. The largest absolute Gasteiger partial charge is 0.456 e. The van der Waals surface area contributed by atoms with Gasteiger partial charge in [-0.2, -0.15) is 0 Å². The monoisotopic (exact) mass is 1280 g/mol. The van der Waals surface area contributed by atoms with Gasteiger partial charge in [0.15, 0.2) is 11.9 Å². The molecule has 1 aliphatic heterocycles. The third-order valence-corrected chi connectivity index (χ3v) is 13.9. The van der Waals surface area contributed by atoms with E-state index in [9.17, 15) is 44.7 Å². The van der Waals surface area contributed by atoms with Crippen LogP contribution in [0.5, 0.6) is 0 Å². The number of carbonyl (C=O) groups is 4. The summed E-state index contributed by atoms with van der Waals surface area (Å²) in [6.45, 7) is 11.9. The summed E-state index contributed by atoms with van der Waals surface area (Å²) >= 11 is 0. The standard InChI is InChI=1S/C47H55NO12.2Ac/c1-25-30(59-42(55)36(51)34(26-14-10-8-11-15-26)48-40(53)27-18-20-29(21-19-27)43(2,3)4)23-47(57)39(60-41(54)28-16-12-9-13-17-28)37-45(7,31(49)22-32-46(37,56)24-58-32)38(52)35(50)33(25)44(47,5)6;;/h8-21,30-32,34-37,39,49-51,56-57H,22-24H2,1-7H3,(H,48,53);;/t30?,31?,32?,34?,35?,36?,37?,39?,45-,46?,47?;;/m1../s1. The number of amides is 1. The Morgan fingerprint density at radius 1 is 0.855 bits per heavy atom. The fourth-order valence-electron chi connectivity index (χ4n) is 10.1. The molecule has 10 unspecified atom stereocenters. The van der Waals surface area contributed by atoms with Gasteiger partial charge in [0.05, 0.1) is 35.8 Å². The van der Waals surface area contributed by atoms with E-state index in [2.05, 4.69) is 5.32 Å². The normalized spacial score (nSPS) is 32.0. The maximum atomic E-state index is 14.8. The van der Waals surface area contributed by atoms with Crippen LogP contribution in [0.25, 0.3) is 0 Å². The van der Waals surface area contributed by atoms with E-state index in [0.29, 0.717) is 5.56 Å². The van der Waals surface area contributed by atoms with Crippen LogP contribution < -0.4 is 5.32 Å². The van der Waals surface area contributed by atoms with Gasteiger partial charge >= 0.3 is 11.9 Å². The SMILES string of the molecule is CC1=C2C(O)C(=O)[C@]3(C)C(O)CC4OCC4(O)C3C(OC(=O)c3ccccc3)C(O)(CC1OC(=O)C(O)C(NC(=O)c1ccc(C(C)(C)C)cc1)c1ccccc1)C2(C)C.[Ac].[Ac]. The third-order valence-electron chi connectivity index (χ3n) is 13.9. The molecule has 15 heteroatoms. The number of carbonyl (C=O) groups excluding carboxylic acids is 4. The first kappa shape index (κ1) is 51.1. The molecule has 3 aliphatic carbocycles. The van der Waals surface area contributed by atoms with Crippen molar-refractivity contribution < 1.29 is 147 Å². The van der Waals surface area contributed by atoms with Crippen molar-refractivity contribution in [1.82, 2.24) is 5.32 Å². The minimum atomic E-state index is -2.31. The van der Waals surface area contributed by atoms with Gasteiger partial charge in [0.2, 0.25) is 0 Å². The molecule has 2 saturated carbocycles. The zero-order valence-electron chi connectivity index (χ0n) is 36.1. The Balaban J connectivity index is 0.00000363. The molecule has 11 atom stereocenters. The van der Waals surface area contributed by atoms with Crippen LogP contribution in [0.15, 0.2) is 96.1 Å². The molecule has 1 heterocycles.